The highest BCUT2D eigenvalue weighted by molar-refractivity contribution is 7.92. The van der Waals surface area contributed by atoms with E-state index in [9.17, 15) is 8.42 Å². The lowest BCUT2D eigenvalue weighted by molar-refractivity contribution is 0.313. The predicted octanol–water partition coefficient (Wildman–Crippen LogP) is 6.32. The van der Waals surface area contributed by atoms with E-state index in [-0.39, 0.29) is 41.0 Å². The molecule has 0 unspecified atom stereocenters. The number of nitrogens with two attached hydrogens (primary N) is 1. The first kappa shape index (κ1) is 37.1. The number of imidazole rings is 1. The summed E-state index contributed by atoms with van der Waals surface area (Å²) in [6, 6.07) is 20.7. The number of aromatic nitrogens is 2. The van der Waals surface area contributed by atoms with Crippen LogP contribution in [0.5, 0.6) is 0 Å². The molecule has 1 aromatic heterocycles. The predicted molar refractivity (Wildman–Crippen MR) is 188 cm³/mol. The number of likely N-dealkylation sites (N-methyl/N-ethyl adjacent to an activating group) is 1. The largest absolute Gasteiger partial charge is 0.384 e. The maximum absolute atomic E-state index is 14.1. The first-order chi connectivity index (χ1) is 19.8. The second-order valence-corrected chi connectivity index (χ2v) is 13.6. The number of amidine groups is 1. The third-order valence-corrected chi connectivity index (χ3v) is 9.81. The smallest absolute Gasteiger partial charge is 0.264 e. The van der Waals surface area contributed by atoms with Crippen molar-refractivity contribution in [3.8, 4) is 0 Å². The molecule has 0 aliphatic carbocycles. The number of benzene rings is 3. The first-order valence-electron chi connectivity index (χ1n) is 14.6. The number of halogens is 2. The number of hydrogen-bond acceptors (Lipinski definition) is 5. The van der Waals surface area contributed by atoms with Crippen LogP contribution in [0.2, 0.25) is 0 Å². The molecule has 0 aliphatic rings. The Morgan fingerprint density at radius 2 is 1.52 bits per heavy atom. The zero-order valence-electron chi connectivity index (χ0n) is 26.5. The summed E-state index contributed by atoms with van der Waals surface area (Å²) in [6.07, 6.45) is 1.52. The van der Waals surface area contributed by atoms with Crippen molar-refractivity contribution in [2.24, 2.45) is 12.8 Å². The number of nitrogen functional groups attached to an aromatic ring is 1. The Morgan fingerprint density at radius 3 is 2.07 bits per heavy atom. The molecule has 0 atom stereocenters. The van der Waals surface area contributed by atoms with Gasteiger partial charge in [-0.25, -0.2) is 13.4 Å². The Kier molecular flexibility index (Phi) is 12.9. The van der Waals surface area contributed by atoms with E-state index in [0.717, 1.165) is 53.9 Å². The molecule has 44 heavy (non-hydrogen) atoms. The van der Waals surface area contributed by atoms with Crippen molar-refractivity contribution in [2.45, 2.75) is 57.8 Å². The highest BCUT2D eigenvalue weighted by atomic mass is 35.5. The minimum absolute atomic E-state index is 0. The molecule has 0 saturated heterocycles. The van der Waals surface area contributed by atoms with Gasteiger partial charge in [-0.3, -0.25) is 9.71 Å². The second-order valence-electron chi connectivity index (χ2n) is 11.7. The van der Waals surface area contributed by atoms with Crippen molar-refractivity contribution in [3.63, 3.8) is 0 Å². The molecule has 4 rings (SSSR count). The maximum atomic E-state index is 14.1. The lowest BCUT2D eigenvalue weighted by atomic mass is 9.87. The number of anilines is 1. The number of hydrogen-bond donors (Lipinski definition) is 2. The van der Waals surface area contributed by atoms with Crippen LogP contribution >= 0.6 is 24.8 Å². The summed E-state index contributed by atoms with van der Waals surface area (Å²) in [5, 5.41) is 7.59. The SMILES string of the molecule is CCN(CC)CCN(c1ccc2c(c1)nc(CCc1ccc(C(=N)N)cc1)n2C)S(=O)(=O)c1ccc(C(C)(C)C)cc1.Cl.Cl. The summed E-state index contributed by atoms with van der Waals surface area (Å²) in [6.45, 7) is 13.2. The van der Waals surface area contributed by atoms with E-state index >= 15 is 0 Å². The lowest BCUT2D eigenvalue weighted by Crippen LogP contribution is -2.38. The summed E-state index contributed by atoms with van der Waals surface area (Å²) in [4.78, 5) is 7.43. The molecule has 3 aromatic carbocycles. The molecular weight excluding hydrogens is 615 g/mol. The molecule has 0 spiro atoms. The van der Waals surface area contributed by atoms with E-state index in [1.807, 2.05) is 61.6 Å². The van der Waals surface area contributed by atoms with Crippen molar-refractivity contribution in [1.82, 2.24) is 14.5 Å². The fourth-order valence-corrected chi connectivity index (χ4v) is 6.59. The molecule has 4 aromatic rings. The van der Waals surface area contributed by atoms with Crippen molar-refractivity contribution in [1.29, 1.82) is 5.41 Å². The molecule has 1 heterocycles. The zero-order valence-corrected chi connectivity index (χ0v) is 29.0. The number of nitrogens with one attached hydrogen (secondary N) is 1. The Balaban J connectivity index is 0.00000337. The van der Waals surface area contributed by atoms with Crippen molar-refractivity contribution in [3.05, 3.63) is 89.2 Å². The fraction of sp³-hybridized carbons (Fsp3) is 0.394. The minimum atomic E-state index is -3.81. The normalized spacial score (nSPS) is 11.7. The van der Waals surface area contributed by atoms with Crippen molar-refractivity contribution < 1.29 is 8.42 Å². The molecule has 0 fully saturated rings. The maximum Gasteiger partial charge on any atom is 0.264 e. The van der Waals surface area contributed by atoms with E-state index in [0.29, 0.717) is 24.3 Å². The molecule has 0 radical (unpaired) electrons. The van der Waals surface area contributed by atoms with Gasteiger partial charge in [0.25, 0.3) is 10.0 Å². The van der Waals surface area contributed by atoms with Crippen molar-refractivity contribution >= 4 is 57.4 Å². The fourth-order valence-electron chi connectivity index (χ4n) is 5.14. The van der Waals surface area contributed by atoms with Crippen LogP contribution in [0, 0.1) is 5.41 Å². The second kappa shape index (κ2) is 15.3. The van der Waals surface area contributed by atoms with Gasteiger partial charge in [0, 0.05) is 32.1 Å². The van der Waals surface area contributed by atoms with Gasteiger partial charge in [-0.1, -0.05) is 71.0 Å². The molecule has 3 N–H and O–H groups in total. The molecular formula is C33H46Cl2N6O2S. The van der Waals surface area contributed by atoms with Gasteiger partial charge in [0.1, 0.15) is 11.7 Å². The molecule has 8 nitrogen and oxygen atoms in total. The van der Waals surface area contributed by atoms with E-state index in [4.69, 9.17) is 16.1 Å². The molecule has 0 bridgehead atoms. The molecule has 0 amide bonds. The van der Waals surface area contributed by atoms with E-state index in [1.165, 1.54) is 4.31 Å². The quantitative estimate of drug-likeness (QED) is 0.137. The number of sulfonamides is 1. The summed E-state index contributed by atoms with van der Waals surface area (Å²) in [5.74, 6) is 0.982. The number of nitrogens with zero attached hydrogens (tertiary/aromatic N) is 4. The van der Waals surface area contributed by atoms with Crippen molar-refractivity contribution in [2.75, 3.05) is 30.5 Å². The van der Waals surface area contributed by atoms with E-state index < -0.39 is 10.0 Å². The van der Waals surface area contributed by atoms with Crippen LogP contribution < -0.4 is 10.0 Å². The van der Waals surface area contributed by atoms with Gasteiger partial charge in [0.05, 0.1) is 21.6 Å². The van der Waals surface area contributed by atoms with Gasteiger partial charge in [-0.05, 0) is 66.4 Å². The first-order valence-corrected chi connectivity index (χ1v) is 16.0. The lowest BCUT2D eigenvalue weighted by Gasteiger charge is -2.28. The summed E-state index contributed by atoms with van der Waals surface area (Å²) in [5.41, 5.74) is 10.8. The van der Waals surface area contributed by atoms with Crippen LogP contribution in [-0.2, 0) is 35.3 Å². The standard InChI is InChI=1S/C33H44N6O2S.2ClH/c1-7-38(8-2)21-22-39(42(40,41)28-17-14-26(15-18-28)33(3,4)5)27-16-19-30-29(23-27)36-31(37(30)6)20-11-24-9-12-25(13-10-24)32(34)35;;/h9-10,12-19,23H,7-8,11,20-22H2,1-6H3,(H3,34,35);2*1H. The zero-order chi connectivity index (χ0) is 30.7. The number of aryl methyl sites for hydroxylation is 3. The summed E-state index contributed by atoms with van der Waals surface area (Å²) in [7, 11) is -1.81. The Bertz CT molecular complexity index is 1640. The average molecular weight is 662 g/mol. The van der Waals surface area contributed by atoms with Gasteiger partial charge < -0.3 is 15.2 Å². The van der Waals surface area contributed by atoms with E-state index in [1.54, 1.807) is 12.1 Å². The van der Waals surface area contributed by atoms with Crippen LogP contribution in [-0.4, -0.2) is 54.9 Å². The highest BCUT2D eigenvalue weighted by Gasteiger charge is 2.27. The Labute approximate surface area is 275 Å². The van der Waals surface area contributed by atoms with Gasteiger partial charge in [0.2, 0.25) is 0 Å². The third kappa shape index (κ3) is 8.33. The summed E-state index contributed by atoms with van der Waals surface area (Å²) < 4.78 is 31.8. The number of rotatable bonds is 12. The van der Waals surface area contributed by atoms with Gasteiger partial charge >= 0.3 is 0 Å². The van der Waals surface area contributed by atoms with E-state index in [2.05, 4.69) is 44.1 Å². The summed E-state index contributed by atoms with van der Waals surface area (Å²) >= 11 is 0. The third-order valence-electron chi connectivity index (χ3n) is 7.97. The molecule has 0 aliphatic heterocycles. The van der Waals surface area contributed by atoms with Crippen LogP contribution in [0.1, 0.15) is 57.1 Å². The van der Waals surface area contributed by atoms with Crippen LogP contribution in [0.15, 0.2) is 71.6 Å². The Hall–Kier alpha value is -3.11. The van der Waals surface area contributed by atoms with Gasteiger partial charge in [-0.15, -0.1) is 24.8 Å². The number of fused-ring (bicyclic) bond motifs is 1. The molecule has 0 saturated carbocycles. The molecule has 11 heteroatoms. The van der Waals surface area contributed by atoms with Crippen LogP contribution in [0.4, 0.5) is 5.69 Å². The Morgan fingerprint density at radius 1 is 0.909 bits per heavy atom. The van der Waals surface area contributed by atoms with Gasteiger partial charge in [0.15, 0.2) is 0 Å². The monoisotopic (exact) mass is 660 g/mol. The molecule has 240 valence electrons. The van der Waals surface area contributed by atoms with Gasteiger partial charge in [-0.2, -0.15) is 0 Å². The van der Waals surface area contributed by atoms with Crippen LogP contribution in [0.3, 0.4) is 0 Å². The topological polar surface area (TPSA) is 108 Å². The average Bonchev–Trinajstić information content (AvgIpc) is 3.28. The van der Waals surface area contributed by atoms with Crippen LogP contribution in [0.25, 0.3) is 11.0 Å². The highest BCUT2D eigenvalue weighted by Crippen LogP contribution is 2.29. The minimum Gasteiger partial charge on any atom is -0.384 e.